The Kier molecular flexibility index (Phi) is 3.85. The molecule has 7 heteroatoms. The maximum absolute atomic E-state index is 13.8. The van der Waals surface area contributed by atoms with Crippen LogP contribution in [0.2, 0.25) is 5.02 Å². The normalized spacial score (nSPS) is 10.4. The molecule has 1 aromatic heterocycles. The van der Waals surface area contributed by atoms with Gasteiger partial charge in [-0.2, -0.15) is 0 Å². The quantitative estimate of drug-likeness (QED) is 0.894. The number of carbonyl (C=O) groups is 1. The van der Waals surface area contributed by atoms with Crippen LogP contribution in [0.1, 0.15) is 15.9 Å². The Hall–Kier alpha value is -2.21. The number of nitrogen functional groups attached to an aromatic ring is 1. The third-order valence-corrected chi connectivity index (χ3v) is 2.95. The first-order valence-corrected chi connectivity index (χ1v) is 5.95. The zero-order valence-electron chi connectivity index (χ0n) is 10.4. The maximum atomic E-state index is 13.8. The summed E-state index contributed by atoms with van der Waals surface area (Å²) in [5.74, 6) is -2.41. The van der Waals surface area contributed by atoms with Crippen molar-refractivity contribution < 1.29 is 13.6 Å². The van der Waals surface area contributed by atoms with E-state index in [9.17, 15) is 13.6 Å². The molecule has 0 spiro atoms. The lowest BCUT2D eigenvalue weighted by molar-refractivity contribution is 0.102. The van der Waals surface area contributed by atoms with E-state index in [1.807, 2.05) is 0 Å². The van der Waals surface area contributed by atoms with E-state index in [0.29, 0.717) is 0 Å². The Morgan fingerprint density at radius 1 is 1.40 bits per heavy atom. The Labute approximate surface area is 118 Å². The largest absolute Gasteiger partial charge is 0.384 e. The smallest absolute Gasteiger partial charge is 0.257 e. The highest BCUT2D eigenvalue weighted by molar-refractivity contribution is 6.34. The van der Waals surface area contributed by atoms with Gasteiger partial charge in [-0.3, -0.25) is 4.79 Å². The fourth-order valence-electron chi connectivity index (χ4n) is 1.58. The molecule has 0 saturated carbocycles. The predicted molar refractivity (Wildman–Crippen MR) is 72.7 cm³/mol. The molecular weight excluding hydrogens is 288 g/mol. The number of hydrogen-bond acceptors (Lipinski definition) is 3. The van der Waals surface area contributed by atoms with Crippen molar-refractivity contribution in [3.05, 3.63) is 52.2 Å². The maximum Gasteiger partial charge on any atom is 0.257 e. The molecule has 104 valence electrons. The molecule has 2 aromatic rings. The number of hydrogen-bond donors (Lipinski definition) is 2. The molecule has 0 unspecified atom stereocenters. The molecule has 20 heavy (non-hydrogen) atoms. The molecule has 0 saturated heterocycles. The van der Waals surface area contributed by atoms with Gasteiger partial charge in [-0.25, -0.2) is 13.8 Å². The number of aromatic nitrogens is 1. The number of rotatable bonds is 2. The van der Waals surface area contributed by atoms with E-state index in [0.717, 1.165) is 6.07 Å². The molecule has 1 heterocycles. The molecule has 0 aliphatic carbocycles. The monoisotopic (exact) mass is 297 g/mol. The van der Waals surface area contributed by atoms with E-state index in [4.69, 9.17) is 17.3 Å². The minimum atomic E-state index is -0.875. The van der Waals surface area contributed by atoms with Crippen molar-refractivity contribution in [1.82, 2.24) is 4.98 Å². The lowest BCUT2D eigenvalue weighted by Crippen LogP contribution is -2.16. The Morgan fingerprint density at radius 2 is 2.10 bits per heavy atom. The number of anilines is 2. The molecule has 3 N–H and O–H groups in total. The molecule has 2 rings (SSSR count). The van der Waals surface area contributed by atoms with Crippen LogP contribution in [0.15, 0.2) is 24.4 Å². The van der Waals surface area contributed by atoms with Gasteiger partial charge in [0, 0.05) is 6.20 Å². The van der Waals surface area contributed by atoms with Crippen molar-refractivity contribution in [2.45, 2.75) is 6.92 Å². The third kappa shape index (κ3) is 2.70. The number of amides is 1. The van der Waals surface area contributed by atoms with Crippen LogP contribution in [-0.2, 0) is 0 Å². The molecular formula is C13H10ClF2N3O. The van der Waals surface area contributed by atoms with Crippen LogP contribution in [0.3, 0.4) is 0 Å². The summed E-state index contributed by atoms with van der Waals surface area (Å²) in [7, 11) is 0. The average Bonchev–Trinajstić information content (AvgIpc) is 2.41. The highest BCUT2D eigenvalue weighted by Crippen LogP contribution is 2.24. The molecule has 0 atom stereocenters. The van der Waals surface area contributed by atoms with Gasteiger partial charge in [0.25, 0.3) is 5.91 Å². The first kappa shape index (κ1) is 14.2. The van der Waals surface area contributed by atoms with E-state index >= 15 is 0 Å². The minimum absolute atomic E-state index is 0.0144. The van der Waals surface area contributed by atoms with Crippen molar-refractivity contribution in [2.24, 2.45) is 0 Å². The molecule has 0 aliphatic rings. The van der Waals surface area contributed by atoms with Gasteiger partial charge in [0.15, 0.2) is 5.82 Å². The number of aryl methyl sites for hydroxylation is 1. The number of carbonyl (C=O) groups excluding carboxylic acids is 1. The third-order valence-electron chi connectivity index (χ3n) is 2.64. The molecule has 1 amide bonds. The summed E-state index contributed by atoms with van der Waals surface area (Å²) in [5.41, 5.74) is 5.11. The standard InChI is InChI=1S/C13H10ClF2N3O/c1-6-2-3-9(15)12(11(6)16)19-13(20)7-4-10(17)18-5-8(7)14/h2-5H,1H3,(H2,17,18)(H,19,20). The van der Waals surface area contributed by atoms with Crippen LogP contribution >= 0.6 is 11.6 Å². The van der Waals surface area contributed by atoms with Gasteiger partial charge < -0.3 is 11.1 Å². The summed E-state index contributed by atoms with van der Waals surface area (Å²) in [5, 5.41) is 2.18. The minimum Gasteiger partial charge on any atom is -0.384 e. The fourth-order valence-corrected chi connectivity index (χ4v) is 1.77. The SMILES string of the molecule is Cc1ccc(F)c(NC(=O)c2cc(N)ncc2Cl)c1F. The van der Waals surface area contributed by atoms with Gasteiger partial charge in [0.2, 0.25) is 0 Å². The van der Waals surface area contributed by atoms with E-state index < -0.39 is 23.2 Å². The Morgan fingerprint density at radius 3 is 2.80 bits per heavy atom. The average molecular weight is 298 g/mol. The molecule has 0 aliphatic heterocycles. The van der Waals surface area contributed by atoms with Gasteiger partial charge >= 0.3 is 0 Å². The summed E-state index contributed by atoms with van der Waals surface area (Å²) in [4.78, 5) is 15.7. The number of benzene rings is 1. The summed E-state index contributed by atoms with van der Waals surface area (Å²) in [6.07, 6.45) is 1.19. The lowest BCUT2D eigenvalue weighted by atomic mass is 10.2. The van der Waals surface area contributed by atoms with Gasteiger partial charge in [0.05, 0.1) is 10.6 Å². The highest BCUT2D eigenvalue weighted by atomic mass is 35.5. The Bertz CT molecular complexity index is 692. The molecule has 4 nitrogen and oxygen atoms in total. The van der Waals surface area contributed by atoms with Gasteiger partial charge in [-0.1, -0.05) is 17.7 Å². The number of nitrogens with one attached hydrogen (secondary N) is 1. The second-order valence-electron chi connectivity index (χ2n) is 4.10. The van der Waals surface area contributed by atoms with E-state index in [2.05, 4.69) is 10.3 Å². The Balaban J connectivity index is 2.38. The molecule has 0 radical (unpaired) electrons. The summed E-state index contributed by atoms with van der Waals surface area (Å²) < 4.78 is 27.4. The lowest BCUT2D eigenvalue weighted by Gasteiger charge is -2.10. The zero-order valence-corrected chi connectivity index (χ0v) is 11.1. The second kappa shape index (κ2) is 5.42. The van der Waals surface area contributed by atoms with Crippen molar-refractivity contribution in [3.63, 3.8) is 0 Å². The zero-order chi connectivity index (χ0) is 14.9. The van der Waals surface area contributed by atoms with Crippen LogP contribution in [0.4, 0.5) is 20.3 Å². The first-order valence-electron chi connectivity index (χ1n) is 5.57. The van der Waals surface area contributed by atoms with Crippen molar-refractivity contribution in [3.8, 4) is 0 Å². The van der Waals surface area contributed by atoms with Crippen molar-refractivity contribution in [1.29, 1.82) is 0 Å². The van der Waals surface area contributed by atoms with Crippen LogP contribution in [0, 0.1) is 18.6 Å². The van der Waals surface area contributed by atoms with Gasteiger partial charge in [-0.15, -0.1) is 0 Å². The van der Waals surface area contributed by atoms with E-state index in [1.165, 1.54) is 25.3 Å². The molecule has 1 aromatic carbocycles. The summed E-state index contributed by atoms with van der Waals surface area (Å²) >= 11 is 5.80. The van der Waals surface area contributed by atoms with Gasteiger partial charge in [-0.05, 0) is 24.6 Å². The van der Waals surface area contributed by atoms with E-state index in [1.54, 1.807) is 0 Å². The van der Waals surface area contributed by atoms with Crippen LogP contribution in [-0.4, -0.2) is 10.9 Å². The van der Waals surface area contributed by atoms with Gasteiger partial charge in [0.1, 0.15) is 17.3 Å². The van der Waals surface area contributed by atoms with Crippen molar-refractivity contribution >= 4 is 29.0 Å². The number of halogens is 3. The number of nitrogens with two attached hydrogens (primary N) is 1. The summed E-state index contributed by atoms with van der Waals surface area (Å²) in [6, 6.07) is 3.57. The highest BCUT2D eigenvalue weighted by Gasteiger charge is 2.17. The van der Waals surface area contributed by atoms with Crippen LogP contribution in [0.5, 0.6) is 0 Å². The predicted octanol–water partition coefficient (Wildman–Crippen LogP) is 3.16. The van der Waals surface area contributed by atoms with Crippen molar-refractivity contribution in [2.75, 3.05) is 11.1 Å². The van der Waals surface area contributed by atoms with E-state index in [-0.39, 0.29) is 22.0 Å². The fraction of sp³-hybridized carbons (Fsp3) is 0.0769. The van der Waals surface area contributed by atoms with Crippen LogP contribution in [0.25, 0.3) is 0 Å². The number of nitrogens with zero attached hydrogens (tertiary/aromatic N) is 1. The van der Waals surface area contributed by atoms with Crippen LogP contribution < -0.4 is 11.1 Å². The number of pyridine rings is 1. The molecule has 0 bridgehead atoms. The topological polar surface area (TPSA) is 68.0 Å². The second-order valence-corrected chi connectivity index (χ2v) is 4.50. The summed E-state index contributed by atoms with van der Waals surface area (Å²) in [6.45, 7) is 1.46. The molecule has 0 fully saturated rings. The first-order chi connectivity index (χ1) is 9.40.